The number of nitrogens with one attached hydrogen (secondary N) is 1. The molecule has 0 amide bonds. The van der Waals surface area contributed by atoms with Gasteiger partial charge in [0.05, 0.1) is 5.69 Å². The molecule has 0 fully saturated rings. The predicted molar refractivity (Wildman–Crippen MR) is 83.6 cm³/mol. The third-order valence-corrected chi connectivity index (χ3v) is 4.00. The van der Waals surface area contributed by atoms with E-state index in [1.54, 1.807) is 11.5 Å². The zero-order valence-corrected chi connectivity index (χ0v) is 13.0. The molecule has 0 unspecified atom stereocenters. The van der Waals surface area contributed by atoms with Gasteiger partial charge < -0.3 is 5.32 Å². The summed E-state index contributed by atoms with van der Waals surface area (Å²) in [6.07, 6.45) is 0. The number of rotatable bonds is 5. The quantitative estimate of drug-likeness (QED) is 0.885. The van der Waals surface area contributed by atoms with Crippen molar-refractivity contribution in [3.05, 3.63) is 40.3 Å². The Labute approximate surface area is 120 Å². The van der Waals surface area contributed by atoms with Gasteiger partial charge in [0.25, 0.3) is 0 Å². The summed E-state index contributed by atoms with van der Waals surface area (Å²) in [6, 6.07) is 8.74. The van der Waals surface area contributed by atoms with E-state index in [-0.39, 0.29) is 0 Å². The molecule has 0 radical (unpaired) electrons. The largest absolute Gasteiger partial charge is 0.312 e. The van der Waals surface area contributed by atoms with Gasteiger partial charge in [-0.25, -0.2) is 0 Å². The van der Waals surface area contributed by atoms with Crippen LogP contribution in [0.25, 0.3) is 11.3 Å². The zero-order valence-electron chi connectivity index (χ0n) is 12.2. The topological polar surface area (TPSA) is 24.9 Å². The third-order valence-electron chi connectivity index (χ3n) is 3.21. The Morgan fingerprint density at radius 2 is 1.95 bits per heavy atom. The Morgan fingerprint density at radius 3 is 2.63 bits per heavy atom. The molecule has 0 spiro atoms. The van der Waals surface area contributed by atoms with Crippen molar-refractivity contribution in [3.8, 4) is 11.3 Å². The second kappa shape index (κ2) is 6.31. The smallest absolute Gasteiger partial charge is 0.0844 e. The normalized spacial score (nSPS) is 11.2. The van der Waals surface area contributed by atoms with Crippen LogP contribution in [0, 0.1) is 19.8 Å². The van der Waals surface area contributed by atoms with Crippen molar-refractivity contribution >= 4 is 11.5 Å². The van der Waals surface area contributed by atoms with Gasteiger partial charge in [-0.2, -0.15) is 4.37 Å². The molecular weight excluding hydrogens is 252 g/mol. The summed E-state index contributed by atoms with van der Waals surface area (Å²) in [7, 11) is 0. The van der Waals surface area contributed by atoms with Crippen LogP contribution < -0.4 is 5.32 Å². The number of hydrogen-bond acceptors (Lipinski definition) is 3. The summed E-state index contributed by atoms with van der Waals surface area (Å²) in [5.74, 6) is 0.687. The monoisotopic (exact) mass is 274 g/mol. The molecule has 1 aromatic carbocycles. The Morgan fingerprint density at radius 1 is 1.16 bits per heavy atom. The highest BCUT2D eigenvalue weighted by atomic mass is 32.1. The van der Waals surface area contributed by atoms with E-state index in [0.717, 1.165) is 18.8 Å². The van der Waals surface area contributed by atoms with Crippen molar-refractivity contribution in [1.82, 2.24) is 9.69 Å². The molecule has 2 aromatic rings. The lowest BCUT2D eigenvalue weighted by Gasteiger charge is -2.04. The lowest BCUT2D eigenvalue weighted by Crippen LogP contribution is -2.18. The Kier molecular flexibility index (Phi) is 4.72. The fraction of sp³-hybridized carbons (Fsp3) is 0.438. The summed E-state index contributed by atoms with van der Waals surface area (Å²) >= 11 is 1.59. The van der Waals surface area contributed by atoms with Crippen LogP contribution in [0.4, 0.5) is 0 Å². The number of benzene rings is 1. The maximum absolute atomic E-state index is 4.56. The molecule has 2 rings (SSSR count). The molecule has 0 aliphatic heterocycles. The average molecular weight is 274 g/mol. The minimum Gasteiger partial charge on any atom is -0.312 e. The van der Waals surface area contributed by atoms with Crippen LogP contribution in [0.15, 0.2) is 24.3 Å². The van der Waals surface area contributed by atoms with Gasteiger partial charge in [-0.05, 0) is 61.1 Å². The number of hydrogen-bond donors (Lipinski definition) is 1. The first-order chi connectivity index (χ1) is 9.06. The van der Waals surface area contributed by atoms with Crippen molar-refractivity contribution in [2.24, 2.45) is 5.92 Å². The summed E-state index contributed by atoms with van der Waals surface area (Å²) in [6.45, 7) is 10.7. The molecule has 0 atom stereocenters. The van der Waals surface area contributed by atoms with Crippen LogP contribution in [0.1, 0.15) is 29.9 Å². The molecule has 1 aromatic heterocycles. The minimum absolute atomic E-state index is 0.687. The molecule has 2 nitrogen and oxygen atoms in total. The Bertz CT molecular complexity index is 543. The zero-order chi connectivity index (χ0) is 13.8. The van der Waals surface area contributed by atoms with E-state index in [0.29, 0.717) is 5.92 Å². The summed E-state index contributed by atoms with van der Waals surface area (Å²) in [5.41, 5.74) is 4.96. The van der Waals surface area contributed by atoms with Gasteiger partial charge in [0.2, 0.25) is 0 Å². The highest BCUT2D eigenvalue weighted by molar-refractivity contribution is 7.06. The molecular formula is C16H22N2S. The summed E-state index contributed by atoms with van der Waals surface area (Å²) in [4.78, 5) is 1.30. The maximum atomic E-state index is 4.56. The highest BCUT2D eigenvalue weighted by Crippen LogP contribution is 2.24. The first-order valence-corrected chi connectivity index (χ1v) is 7.57. The molecule has 0 aliphatic rings. The van der Waals surface area contributed by atoms with Crippen molar-refractivity contribution in [1.29, 1.82) is 0 Å². The van der Waals surface area contributed by atoms with E-state index in [1.807, 2.05) is 0 Å². The molecule has 102 valence electrons. The second-order valence-corrected chi connectivity index (χ2v) is 6.39. The second-order valence-electron chi connectivity index (χ2n) is 5.50. The van der Waals surface area contributed by atoms with E-state index in [9.17, 15) is 0 Å². The van der Waals surface area contributed by atoms with Crippen molar-refractivity contribution in [2.45, 2.75) is 34.2 Å². The predicted octanol–water partition coefficient (Wildman–Crippen LogP) is 4.17. The van der Waals surface area contributed by atoms with E-state index >= 15 is 0 Å². The first-order valence-electron chi connectivity index (χ1n) is 6.80. The average Bonchev–Trinajstić information content (AvgIpc) is 2.81. The van der Waals surface area contributed by atoms with Crippen molar-refractivity contribution in [2.75, 3.05) is 6.54 Å². The summed E-state index contributed by atoms with van der Waals surface area (Å²) in [5, 5.41) is 3.46. The molecule has 0 saturated carbocycles. The highest BCUT2D eigenvalue weighted by Gasteiger charge is 2.05. The molecule has 0 bridgehead atoms. The first kappa shape index (κ1) is 14.2. The molecule has 1 N–H and O–H groups in total. The number of nitrogens with zero attached hydrogens (tertiary/aromatic N) is 1. The van der Waals surface area contributed by atoms with Crippen LogP contribution in [-0.4, -0.2) is 10.9 Å². The van der Waals surface area contributed by atoms with Crippen LogP contribution >= 0.6 is 11.5 Å². The van der Waals surface area contributed by atoms with Gasteiger partial charge >= 0.3 is 0 Å². The van der Waals surface area contributed by atoms with Gasteiger partial charge in [-0.3, -0.25) is 0 Å². The Balaban J connectivity index is 2.05. The third kappa shape index (κ3) is 3.88. The van der Waals surface area contributed by atoms with Crippen molar-refractivity contribution < 1.29 is 0 Å². The van der Waals surface area contributed by atoms with Gasteiger partial charge in [0.15, 0.2) is 0 Å². The summed E-state index contributed by atoms with van der Waals surface area (Å²) < 4.78 is 4.56. The SMILES string of the molecule is Cc1ccc(-c2cc(CNCC(C)C)sn2)cc1C. The van der Waals surface area contributed by atoms with E-state index < -0.39 is 0 Å². The standard InChI is InChI=1S/C16H22N2S/c1-11(2)9-17-10-15-8-16(18-19-15)14-6-5-12(3)13(4)7-14/h5-8,11,17H,9-10H2,1-4H3. The van der Waals surface area contributed by atoms with Crippen LogP contribution in [-0.2, 0) is 6.54 Å². The molecule has 19 heavy (non-hydrogen) atoms. The fourth-order valence-electron chi connectivity index (χ4n) is 1.92. The molecule has 0 saturated heterocycles. The molecule has 1 heterocycles. The maximum Gasteiger partial charge on any atom is 0.0844 e. The number of aromatic nitrogens is 1. The Hall–Kier alpha value is -1.19. The van der Waals surface area contributed by atoms with Gasteiger partial charge in [-0.1, -0.05) is 26.0 Å². The van der Waals surface area contributed by atoms with E-state index in [2.05, 4.69) is 61.7 Å². The van der Waals surface area contributed by atoms with Crippen LogP contribution in [0.2, 0.25) is 0 Å². The van der Waals surface area contributed by atoms with Crippen LogP contribution in [0.3, 0.4) is 0 Å². The lowest BCUT2D eigenvalue weighted by molar-refractivity contribution is 0.555. The van der Waals surface area contributed by atoms with Crippen LogP contribution in [0.5, 0.6) is 0 Å². The minimum atomic E-state index is 0.687. The lowest BCUT2D eigenvalue weighted by atomic mass is 10.0. The fourth-order valence-corrected chi connectivity index (χ4v) is 2.62. The van der Waals surface area contributed by atoms with Gasteiger partial charge in [0, 0.05) is 17.0 Å². The van der Waals surface area contributed by atoms with Gasteiger partial charge in [-0.15, -0.1) is 0 Å². The van der Waals surface area contributed by atoms with Gasteiger partial charge in [0.1, 0.15) is 0 Å². The molecule has 0 aliphatic carbocycles. The van der Waals surface area contributed by atoms with Crippen molar-refractivity contribution in [3.63, 3.8) is 0 Å². The number of aryl methyl sites for hydroxylation is 2. The molecule has 3 heteroatoms. The van der Waals surface area contributed by atoms with E-state index in [4.69, 9.17) is 0 Å². The van der Waals surface area contributed by atoms with E-state index in [1.165, 1.54) is 21.6 Å².